The van der Waals surface area contributed by atoms with Crippen LogP contribution in [-0.4, -0.2) is 14.7 Å². The number of hydrogen-bond acceptors (Lipinski definition) is 2. The molecule has 2 rings (SSSR count). The number of rotatable bonds is 0. The molecule has 1 aliphatic rings. The molecule has 0 fully saturated rings. The predicted molar refractivity (Wildman–Crippen MR) is 51.2 cm³/mol. The van der Waals surface area contributed by atoms with E-state index in [0.717, 1.165) is 13.1 Å². The zero-order valence-corrected chi connectivity index (χ0v) is 8.32. The lowest BCUT2D eigenvalue weighted by atomic mass is 10.1. The summed E-state index contributed by atoms with van der Waals surface area (Å²) < 4.78 is 8.88. The monoisotopic (exact) mass is 217 g/mol. The molecule has 4 N–H and O–H groups in total. The van der Waals surface area contributed by atoms with E-state index in [-0.39, 0.29) is 0 Å². The van der Waals surface area contributed by atoms with Crippen molar-refractivity contribution in [3.05, 3.63) is 35.4 Å². The zero-order chi connectivity index (χ0) is 10.6. The normalized spacial score (nSPS) is 14.2. The summed E-state index contributed by atoms with van der Waals surface area (Å²) in [7, 11) is -4.64. The van der Waals surface area contributed by atoms with Crippen molar-refractivity contribution in [3.8, 4) is 0 Å². The van der Waals surface area contributed by atoms with Crippen molar-refractivity contribution in [1.82, 2.24) is 5.32 Å². The Morgan fingerprint density at radius 2 is 1.43 bits per heavy atom. The molecule has 0 aromatic heterocycles. The van der Waals surface area contributed by atoms with E-state index in [4.69, 9.17) is 19.2 Å². The van der Waals surface area contributed by atoms with Crippen molar-refractivity contribution in [2.45, 2.75) is 13.1 Å². The van der Waals surface area contributed by atoms with E-state index >= 15 is 0 Å². The van der Waals surface area contributed by atoms with Crippen LogP contribution in [0.15, 0.2) is 24.3 Å². The quantitative estimate of drug-likeness (QED) is 0.471. The van der Waals surface area contributed by atoms with Crippen molar-refractivity contribution in [2.75, 3.05) is 0 Å². The van der Waals surface area contributed by atoms with Crippen LogP contribution in [-0.2, 0) is 17.7 Å². The van der Waals surface area contributed by atoms with Crippen LogP contribution in [0.4, 0.5) is 0 Å². The summed E-state index contributed by atoms with van der Waals surface area (Å²) in [5.41, 5.74) is 2.91. The molecule has 5 nitrogen and oxygen atoms in total. The average molecular weight is 217 g/mol. The first-order chi connectivity index (χ1) is 6.47. The molecule has 0 bridgehead atoms. The highest BCUT2D eigenvalue weighted by Gasteiger charge is 2.06. The fourth-order valence-electron chi connectivity index (χ4n) is 1.23. The van der Waals surface area contributed by atoms with Gasteiger partial charge in [0.05, 0.1) is 0 Å². The predicted octanol–water partition coefficient (Wildman–Crippen LogP) is 0.361. The standard InChI is InChI=1S/C8H9N.H3O4P/c1-2-4-8-6-9-5-7(8)3-1;1-5(2,3)4/h1-4,9H,5-6H2;(H3,1,2,3,4). The third kappa shape index (κ3) is 4.50. The van der Waals surface area contributed by atoms with Crippen LogP contribution in [0.2, 0.25) is 0 Å². The minimum Gasteiger partial charge on any atom is -0.309 e. The van der Waals surface area contributed by atoms with Gasteiger partial charge in [-0.2, -0.15) is 0 Å². The van der Waals surface area contributed by atoms with E-state index < -0.39 is 7.82 Å². The number of nitrogens with one attached hydrogen (secondary N) is 1. The SMILES string of the molecule is O=P(O)(O)O.c1ccc2c(c1)CNC2. The van der Waals surface area contributed by atoms with Crippen molar-refractivity contribution in [1.29, 1.82) is 0 Å². The van der Waals surface area contributed by atoms with Crippen molar-refractivity contribution in [3.63, 3.8) is 0 Å². The molecule has 6 heteroatoms. The van der Waals surface area contributed by atoms with E-state index in [9.17, 15) is 0 Å². The summed E-state index contributed by atoms with van der Waals surface area (Å²) in [5, 5.41) is 3.29. The van der Waals surface area contributed by atoms with Gasteiger partial charge >= 0.3 is 7.82 Å². The van der Waals surface area contributed by atoms with Crippen LogP contribution in [0, 0.1) is 0 Å². The Balaban J connectivity index is 0.000000171. The topological polar surface area (TPSA) is 89.8 Å². The van der Waals surface area contributed by atoms with Gasteiger partial charge in [0.25, 0.3) is 0 Å². The molecule has 78 valence electrons. The Morgan fingerprint density at radius 1 is 1.07 bits per heavy atom. The van der Waals surface area contributed by atoms with Gasteiger partial charge in [0.15, 0.2) is 0 Å². The Labute approximate surface area is 81.6 Å². The average Bonchev–Trinajstić information content (AvgIpc) is 2.47. The van der Waals surface area contributed by atoms with Crippen molar-refractivity contribution < 1.29 is 19.2 Å². The molecular weight excluding hydrogens is 205 g/mol. The second-order valence-electron chi connectivity index (χ2n) is 2.89. The molecule has 0 radical (unpaired) electrons. The first kappa shape index (κ1) is 11.4. The summed E-state index contributed by atoms with van der Waals surface area (Å²) in [4.78, 5) is 21.6. The lowest BCUT2D eigenvalue weighted by molar-refractivity contribution is 0.275. The summed E-state index contributed by atoms with van der Waals surface area (Å²) in [6.07, 6.45) is 0. The molecule has 0 saturated carbocycles. The van der Waals surface area contributed by atoms with Gasteiger partial charge in [-0.1, -0.05) is 24.3 Å². The van der Waals surface area contributed by atoms with Crippen molar-refractivity contribution >= 4 is 7.82 Å². The fourth-order valence-corrected chi connectivity index (χ4v) is 1.23. The Hall–Kier alpha value is -0.710. The summed E-state index contributed by atoms with van der Waals surface area (Å²) in [5.74, 6) is 0. The highest BCUT2D eigenvalue weighted by atomic mass is 31.2. The molecule has 1 aromatic rings. The van der Waals surface area contributed by atoms with Gasteiger partial charge in [-0.25, -0.2) is 4.57 Å². The maximum atomic E-state index is 8.88. The number of phosphoric acid groups is 1. The Kier molecular flexibility index (Phi) is 3.80. The second-order valence-corrected chi connectivity index (χ2v) is 3.91. The molecule has 0 aliphatic carbocycles. The molecule has 0 unspecified atom stereocenters. The Bertz CT molecular complexity index is 318. The van der Waals surface area contributed by atoms with Gasteiger partial charge in [0.2, 0.25) is 0 Å². The zero-order valence-electron chi connectivity index (χ0n) is 7.42. The smallest absolute Gasteiger partial charge is 0.309 e. The summed E-state index contributed by atoms with van der Waals surface area (Å²) in [6.45, 7) is 2.10. The molecule has 1 heterocycles. The third-order valence-electron chi connectivity index (χ3n) is 1.75. The number of hydrogen-bond donors (Lipinski definition) is 4. The van der Waals surface area contributed by atoms with E-state index in [0.29, 0.717) is 0 Å². The van der Waals surface area contributed by atoms with Crippen LogP contribution in [0.3, 0.4) is 0 Å². The van der Waals surface area contributed by atoms with Gasteiger partial charge in [-0.05, 0) is 11.1 Å². The second kappa shape index (κ2) is 4.68. The van der Waals surface area contributed by atoms with Gasteiger partial charge < -0.3 is 20.0 Å². The maximum Gasteiger partial charge on any atom is 0.466 e. The fraction of sp³-hybridized carbons (Fsp3) is 0.250. The summed E-state index contributed by atoms with van der Waals surface area (Å²) >= 11 is 0. The van der Waals surface area contributed by atoms with Crippen LogP contribution in [0.25, 0.3) is 0 Å². The lowest BCUT2D eigenvalue weighted by Crippen LogP contribution is -1.99. The first-order valence-corrected chi connectivity index (χ1v) is 5.59. The molecule has 1 aromatic carbocycles. The highest BCUT2D eigenvalue weighted by Crippen LogP contribution is 2.25. The minimum absolute atomic E-state index is 1.05. The van der Waals surface area contributed by atoms with E-state index in [1.165, 1.54) is 11.1 Å². The lowest BCUT2D eigenvalue weighted by Gasteiger charge is -1.91. The molecule has 0 spiro atoms. The van der Waals surface area contributed by atoms with E-state index in [1.54, 1.807) is 0 Å². The molecular formula is C8H12NO4P. The minimum atomic E-state index is -4.64. The van der Waals surface area contributed by atoms with Crippen molar-refractivity contribution in [2.24, 2.45) is 0 Å². The largest absolute Gasteiger partial charge is 0.466 e. The van der Waals surface area contributed by atoms with Gasteiger partial charge in [-0.3, -0.25) is 0 Å². The molecule has 1 aliphatic heterocycles. The highest BCUT2D eigenvalue weighted by molar-refractivity contribution is 7.45. The number of benzene rings is 1. The first-order valence-electron chi connectivity index (χ1n) is 4.02. The molecule has 0 saturated heterocycles. The number of fused-ring (bicyclic) bond motifs is 1. The van der Waals surface area contributed by atoms with E-state index in [1.807, 2.05) is 0 Å². The van der Waals surface area contributed by atoms with E-state index in [2.05, 4.69) is 29.6 Å². The third-order valence-corrected chi connectivity index (χ3v) is 1.75. The van der Waals surface area contributed by atoms with Gasteiger partial charge in [0.1, 0.15) is 0 Å². The summed E-state index contributed by atoms with van der Waals surface area (Å²) in [6, 6.07) is 8.53. The Morgan fingerprint density at radius 3 is 1.79 bits per heavy atom. The maximum absolute atomic E-state index is 8.88. The molecule has 0 amide bonds. The van der Waals surface area contributed by atoms with Crippen LogP contribution >= 0.6 is 7.82 Å². The van der Waals surface area contributed by atoms with Gasteiger partial charge in [-0.15, -0.1) is 0 Å². The molecule has 0 atom stereocenters. The molecule has 14 heavy (non-hydrogen) atoms. The van der Waals surface area contributed by atoms with Crippen LogP contribution < -0.4 is 5.32 Å². The van der Waals surface area contributed by atoms with Gasteiger partial charge in [0, 0.05) is 13.1 Å². The van der Waals surface area contributed by atoms with Crippen LogP contribution in [0.1, 0.15) is 11.1 Å². The van der Waals surface area contributed by atoms with Crippen LogP contribution in [0.5, 0.6) is 0 Å².